The maximum Gasteiger partial charge on any atom is 0.237 e. The fourth-order valence-electron chi connectivity index (χ4n) is 2.81. The van der Waals surface area contributed by atoms with Crippen molar-refractivity contribution in [3.8, 4) is 0 Å². The van der Waals surface area contributed by atoms with E-state index in [-0.39, 0.29) is 17.9 Å². The van der Waals surface area contributed by atoms with Gasteiger partial charge in [-0.1, -0.05) is 64.2 Å². The molecule has 0 bridgehead atoms. The summed E-state index contributed by atoms with van der Waals surface area (Å²) in [6, 6.07) is 8.03. The Bertz CT molecular complexity index is 612. The Morgan fingerprint density at radius 1 is 1.43 bits per heavy atom. The molecule has 0 N–H and O–H groups in total. The lowest BCUT2D eigenvalue weighted by atomic mass is 9.97. The van der Waals surface area contributed by atoms with Crippen molar-refractivity contribution in [3.63, 3.8) is 0 Å². The minimum absolute atomic E-state index is 0.0393. The van der Waals surface area contributed by atoms with Crippen LogP contribution in [0.1, 0.15) is 18.4 Å². The highest BCUT2D eigenvalue weighted by atomic mass is 79.9. The Morgan fingerprint density at radius 2 is 2.22 bits per heavy atom. The van der Waals surface area contributed by atoms with Gasteiger partial charge >= 0.3 is 0 Å². The zero-order chi connectivity index (χ0) is 16.2. The molecule has 0 aromatic heterocycles. The van der Waals surface area contributed by atoms with E-state index in [2.05, 4.69) is 15.9 Å². The second kappa shape index (κ2) is 7.92. The molecule has 0 saturated carbocycles. The number of nitrogens with zero attached hydrogens (tertiary/aromatic N) is 1. The lowest BCUT2D eigenvalue weighted by molar-refractivity contribution is -0.132. The largest absolute Gasteiger partial charge is 0.377 e. The second-order valence-corrected chi connectivity index (χ2v) is 8.24. The molecule has 122 valence electrons. The van der Waals surface area contributed by atoms with Crippen molar-refractivity contribution in [3.05, 3.63) is 40.4 Å². The molecule has 2 saturated heterocycles. The summed E-state index contributed by atoms with van der Waals surface area (Å²) in [5.74, 6) is 0.692. The number of rotatable bonds is 4. The van der Waals surface area contributed by atoms with Crippen molar-refractivity contribution in [1.29, 1.82) is 0 Å². The molecule has 0 spiro atoms. The Balaban J connectivity index is 1.79. The molecular formula is C17H18BrNO2S2. The van der Waals surface area contributed by atoms with Gasteiger partial charge in [-0.3, -0.25) is 9.69 Å². The molecule has 1 aromatic carbocycles. The van der Waals surface area contributed by atoms with Crippen LogP contribution < -0.4 is 0 Å². The summed E-state index contributed by atoms with van der Waals surface area (Å²) < 4.78 is 7.51. The number of benzene rings is 1. The number of hydrogen-bond donors (Lipinski definition) is 0. The molecule has 1 aromatic rings. The van der Waals surface area contributed by atoms with E-state index in [0.29, 0.717) is 10.9 Å². The van der Waals surface area contributed by atoms with E-state index in [1.807, 2.05) is 36.4 Å². The van der Waals surface area contributed by atoms with Crippen molar-refractivity contribution in [2.75, 3.05) is 18.9 Å². The van der Waals surface area contributed by atoms with E-state index in [1.165, 1.54) is 0 Å². The third-order valence-corrected chi connectivity index (χ3v) is 6.00. The minimum atomic E-state index is -0.266. The molecule has 0 aliphatic carbocycles. The van der Waals surface area contributed by atoms with Gasteiger partial charge in [0.05, 0.1) is 12.0 Å². The highest BCUT2D eigenvalue weighted by Gasteiger charge is 2.35. The summed E-state index contributed by atoms with van der Waals surface area (Å²) in [4.78, 5) is 14.6. The summed E-state index contributed by atoms with van der Waals surface area (Å²) in [5.41, 5.74) is 1.07. The molecule has 2 aliphatic rings. The third kappa shape index (κ3) is 4.24. The van der Waals surface area contributed by atoms with E-state index in [9.17, 15) is 4.79 Å². The Morgan fingerprint density at radius 3 is 2.83 bits per heavy atom. The number of thioether (sulfide) groups is 1. The quantitative estimate of drug-likeness (QED) is 0.696. The highest BCUT2D eigenvalue weighted by molar-refractivity contribution is 9.10. The highest BCUT2D eigenvalue weighted by Crippen LogP contribution is 2.28. The van der Waals surface area contributed by atoms with E-state index in [0.717, 1.165) is 35.2 Å². The van der Waals surface area contributed by atoms with Crippen molar-refractivity contribution in [2.24, 2.45) is 5.92 Å². The predicted octanol–water partition coefficient (Wildman–Crippen LogP) is 4.12. The number of ether oxygens (including phenoxy) is 1. The number of halogens is 1. The number of thiocarbonyl (C=S) groups is 1. The number of amides is 1. The summed E-state index contributed by atoms with van der Waals surface area (Å²) in [6.07, 6.45) is 5.88. The van der Waals surface area contributed by atoms with Crippen LogP contribution in [0.4, 0.5) is 0 Å². The van der Waals surface area contributed by atoms with Gasteiger partial charge in [-0.2, -0.15) is 0 Å². The van der Waals surface area contributed by atoms with Crippen LogP contribution in [0, 0.1) is 5.92 Å². The average molecular weight is 412 g/mol. The summed E-state index contributed by atoms with van der Waals surface area (Å²) >= 11 is 10.3. The maximum atomic E-state index is 12.9. The molecule has 2 aliphatic heterocycles. The fraction of sp³-hybridized carbons (Fsp3) is 0.412. The van der Waals surface area contributed by atoms with Gasteiger partial charge < -0.3 is 4.74 Å². The van der Waals surface area contributed by atoms with Crippen LogP contribution in [0.3, 0.4) is 0 Å². The van der Waals surface area contributed by atoms with Crippen LogP contribution >= 0.6 is 39.9 Å². The molecule has 23 heavy (non-hydrogen) atoms. The van der Waals surface area contributed by atoms with Crippen LogP contribution in [0.2, 0.25) is 0 Å². The Kier molecular flexibility index (Phi) is 5.91. The van der Waals surface area contributed by atoms with Crippen LogP contribution in [0.15, 0.2) is 34.8 Å². The molecule has 2 fully saturated rings. The molecule has 3 nitrogen and oxygen atoms in total. The van der Waals surface area contributed by atoms with Gasteiger partial charge in [-0.25, -0.2) is 0 Å². The van der Waals surface area contributed by atoms with Crippen LogP contribution in [0.25, 0.3) is 6.08 Å². The van der Waals surface area contributed by atoms with Gasteiger partial charge in [-0.15, -0.1) is 0 Å². The van der Waals surface area contributed by atoms with Gasteiger partial charge in [0.25, 0.3) is 0 Å². The molecule has 1 amide bonds. The lowest BCUT2D eigenvalue weighted by Gasteiger charge is -2.24. The van der Waals surface area contributed by atoms with Crippen molar-refractivity contribution in [1.82, 2.24) is 4.90 Å². The first-order valence-corrected chi connectivity index (χ1v) is 9.87. The van der Waals surface area contributed by atoms with Gasteiger partial charge in [0.2, 0.25) is 5.91 Å². The van der Waals surface area contributed by atoms with Crippen molar-refractivity contribution in [2.45, 2.75) is 18.9 Å². The monoisotopic (exact) mass is 411 g/mol. The van der Waals surface area contributed by atoms with Crippen molar-refractivity contribution >= 4 is 56.2 Å². The topological polar surface area (TPSA) is 29.5 Å². The number of carbonyl (C=O) groups excluding carboxylic acids is 1. The molecule has 2 heterocycles. The van der Waals surface area contributed by atoms with Crippen LogP contribution in [-0.2, 0) is 9.53 Å². The Hall–Kier alpha value is -0.690. The first-order chi connectivity index (χ1) is 11.1. The Labute approximate surface area is 154 Å². The SMILES string of the molecule is O=C([C@H](/C=C/c1ccc(Br)cc1)[C@@H]1CCCO1)N1CCSC1=S. The summed E-state index contributed by atoms with van der Waals surface area (Å²) in [6.45, 7) is 1.44. The van der Waals surface area contributed by atoms with Gasteiger partial charge in [0.15, 0.2) is 0 Å². The standard InChI is InChI=1S/C17H18BrNO2S2/c18-13-6-3-12(4-7-13)5-8-14(15-2-1-10-21-15)16(20)19-9-11-23-17(19)22/h3-8,14-15H,1-2,9-11H2/b8-5+/t14-,15+/m1/s1. The molecule has 3 rings (SSSR count). The van der Waals surface area contributed by atoms with Gasteiger partial charge in [0.1, 0.15) is 4.32 Å². The molecular weight excluding hydrogens is 394 g/mol. The summed E-state index contributed by atoms with van der Waals surface area (Å²) in [5, 5.41) is 0. The summed E-state index contributed by atoms with van der Waals surface area (Å²) in [7, 11) is 0. The zero-order valence-corrected chi connectivity index (χ0v) is 15.8. The van der Waals surface area contributed by atoms with Gasteiger partial charge in [0, 0.05) is 23.4 Å². The van der Waals surface area contributed by atoms with E-state index < -0.39 is 0 Å². The normalized spacial score (nSPS) is 22.9. The number of carbonyl (C=O) groups is 1. The van der Waals surface area contributed by atoms with Crippen LogP contribution in [-0.4, -0.2) is 40.1 Å². The maximum absolute atomic E-state index is 12.9. The smallest absolute Gasteiger partial charge is 0.237 e. The van der Waals surface area contributed by atoms with E-state index in [1.54, 1.807) is 16.7 Å². The average Bonchev–Trinajstić information content (AvgIpc) is 3.21. The fourth-order valence-corrected chi connectivity index (χ4v) is 4.29. The zero-order valence-electron chi connectivity index (χ0n) is 12.6. The van der Waals surface area contributed by atoms with Crippen molar-refractivity contribution < 1.29 is 9.53 Å². The second-order valence-electron chi connectivity index (χ2n) is 5.59. The predicted molar refractivity (Wildman–Crippen MR) is 102 cm³/mol. The van der Waals surface area contributed by atoms with Crippen LogP contribution in [0.5, 0.6) is 0 Å². The lowest BCUT2D eigenvalue weighted by Crippen LogP contribution is -2.40. The third-order valence-electron chi connectivity index (χ3n) is 4.04. The van der Waals surface area contributed by atoms with E-state index >= 15 is 0 Å². The van der Waals surface area contributed by atoms with Gasteiger partial charge in [-0.05, 0) is 30.5 Å². The molecule has 0 radical (unpaired) electrons. The molecule has 6 heteroatoms. The minimum Gasteiger partial charge on any atom is -0.377 e. The first kappa shape index (κ1) is 17.1. The number of hydrogen-bond acceptors (Lipinski definition) is 4. The first-order valence-electron chi connectivity index (χ1n) is 7.68. The molecule has 2 atom stereocenters. The molecule has 0 unspecified atom stereocenters. The van der Waals surface area contributed by atoms with E-state index in [4.69, 9.17) is 17.0 Å².